The van der Waals surface area contributed by atoms with Gasteiger partial charge in [-0.25, -0.2) is 0 Å². The van der Waals surface area contributed by atoms with E-state index >= 15 is 0 Å². The highest BCUT2D eigenvalue weighted by atomic mass is 15.0. The second-order valence-corrected chi connectivity index (χ2v) is 2.69. The Morgan fingerprint density at radius 1 is 1.33 bits per heavy atom. The summed E-state index contributed by atoms with van der Waals surface area (Å²) in [6.45, 7) is 3.35. The fourth-order valence-electron chi connectivity index (χ4n) is 0.698. The van der Waals surface area contributed by atoms with Gasteiger partial charge in [0.1, 0.15) is 0 Å². The maximum absolute atomic E-state index is 2.34. The highest BCUT2D eigenvalue weighted by molar-refractivity contribution is 4.66. The first-order chi connectivity index (χ1) is 4.27. The van der Waals surface area contributed by atoms with Crippen LogP contribution in [0.25, 0.3) is 0 Å². The molecule has 1 heteroatoms. The lowest BCUT2D eigenvalue weighted by molar-refractivity contribution is 0.434. The van der Waals surface area contributed by atoms with Crippen molar-refractivity contribution in [2.24, 2.45) is 0 Å². The van der Waals surface area contributed by atoms with Crippen molar-refractivity contribution in [1.29, 1.82) is 0 Å². The van der Waals surface area contributed by atoms with Crippen LogP contribution < -0.4 is 0 Å². The first-order valence-corrected chi connectivity index (χ1v) is 3.73. The lowest BCUT2D eigenvalue weighted by atomic mass is 10.2. The van der Waals surface area contributed by atoms with Crippen LogP contribution in [0.2, 0.25) is 0 Å². The maximum atomic E-state index is 2.34. The summed E-state index contributed by atoms with van der Waals surface area (Å²) in [5, 5.41) is 0. The van der Waals surface area contributed by atoms with Crippen LogP contribution in [-0.2, 0) is 0 Å². The molecule has 0 aromatic carbocycles. The molecule has 0 aliphatic carbocycles. The van der Waals surface area contributed by atoms with E-state index < -0.39 is 0 Å². The molecule has 0 heterocycles. The molecular formula is C8H18N. The van der Waals surface area contributed by atoms with E-state index in [-0.39, 0.29) is 0 Å². The molecule has 55 valence electrons. The summed E-state index contributed by atoms with van der Waals surface area (Å²) in [5.74, 6) is 0. The summed E-state index contributed by atoms with van der Waals surface area (Å²) in [7, 11) is 4.20. The predicted octanol–water partition coefficient (Wildman–Crippen LogP) is 1.94. The molecular weight excluding hydrogens is 110 g/mol. The molecule has 0 amide bonds. The third-order valence-corrected chi connectivity index (χ3v) is 1.26. The topological polar surface area (TPSA) is 3.24 Å². The first kappa shape index (κ1) is 8.96. The van der Waals surface area contributed by atoms with Crippen molar-refractivity contribution in [2.75, 3.05) is 20.6 Å². The second-order valence-electron chi connectivity index (χ2n) is 2.69. The summed E-state index contributed by atoms with van der Waals surface area (Å²) < 4.78 is 0. The average molecular weight is 128 g/mol. The number of rotatable bonds is 5. The minimum Gasteiger partial charge on any atom is -0.309 e. The molecule has 1 radical (unpaired) electrons. The van der Waals surface area contributed by atoms with Crippen LogP contribution in [0.15, 0.2) is 0 Å². The zero-order valence-corrected chi connectivity index (χ0v) is 6.85. The molecule has 0 saturated carbocycles. The molecule has 0 aromatic rings. The molecule has 0 spiro atoms. The van der Waals surface area contributed by atoms with Gasteiger partial charge in [0.15, 0.2) is 0 Å². The van der Waals surface area contributed by atoms with E-state index in [4.69, 9.17) is 0 Å². The van der Waals surface area contributed by atoms with Crippen molar-refractivity contribution < 1.29 is 0 Å². The van der Waals surface area contributed by atoms with Crippen LogP contribution in [0.3, 0.4) is 0 Å². The van der Waals surface area contributed by atoms with Crippen molar-refractivity contribution >= 4 is 0 Å². The molecule has 0 aromatic heterocycles. The van der Waals surface area contributed by atoms with Crippen LogP contribution in [0, 0.1) is 6.42 Å². The van der Waals surface area contributed by atoms with Crippen LogP contribution >= 0.6 is 0 Å². The number of nitrogens with zero attached hydrogens (tertiary/aromatic N) is 1. The van der Waals surface area contributed by atoms with Gasteiger partial charge in [0.2, 0.25) is 0 Å². The molecule has 0 N–H and O–H groups in total. The number of unbranched alkanes of at least 4 members (excludes halogenated alkanes) is 3. The van der Waals surface area contributed by atoms with Crippen LogP contribution in [0.5, 0.6) is 0 Å². The molecule has 0 bridgehead atoms. The predicted molar refractivity (Wildman–Crippen MR) is 42.4 cm³/mol. The molecule has 0 aliphatic rings. The quantitative estimate of drug-likeness (QED) is 0.511. The van der Waals surface area contributed by atoms with Crippen molar-refractivity contribution in [3.63, 3.8) is 0 Å². The van der Waals surface area contributed by atoms with Gasteiger partial charge >= 0.3 is 0 Å². The van der Waals surface area contributed by atoms with Crippen molar-refractivity contribution in [1.82, 2.24) is 4.90 Å². The Hall–Kier alpha value is -0.0400. The monoisotopic (exact) mass is 128 g/mol. The van der Waals surface area contributed by atoms with E-state index in [1.807, 2.05) is 0 Å². The minimum absolute atomic E-state index is 1.12. The van der Waals surface area contributed by atoms with E-state index in [2.05, 4.69) is 32.3 Å². The fraction of sp³-hybridized carbons (Fsp3) is 0.875. The number of hydrogen-bond donors (Lipinski definition) is 0. The van der Waals surface area contributed by atoms with Crippen molar-refractivity contribution in [3.8, 4) is 0 Å². The lowest BCUT2D eigenvalue weighted by Gasteiger charge is -2.07. The van der Waals surface area contributed by atoms with Crippen molar-refractivity contribution in [2.45, 2.75) is 26.2 Å². The molecule has 0 rings (SSSR count). The normalized spacial score (nSPS) is 10.7. The van der Waals surface area contributed by atoms with Gasteiger partial charge in [-0.1, -0.05) is 19.8 Å². The van der Waals surface area contributed by atoms with Gasteiger partial charge in [-0.05, 0) is 26.9 Å². The van der Waals surface area contributed by atoms with E-state index in [0.29, 0.717) is 0 Å². The second kappa shape index (κ2) is 6.09. The standard InChI is InChI=1S/C8H18N/c1-4-5-6-7-8-9(2)3/h7H,4-6,8H2,1-3H3. The molecule has 9 heavy (non-hydrogen) atoms. The van der Waals surface area contributed by atoms with Crippen LogP contribution in [0.4, 0.5) is 0 Å². The molecule has 0 fully saturated rings. The van der Waals surface area contributed by atoms with Crippen LogP contribution in [-0.4, -0.2) is 25.5 Å². The Bertz CT molecular complexity index is 50.5. The zero-order valence-electron chi connectivity index (χ0n) is 6.85. The summed E-state index contributed by atoms with van der Waals surface area (Å²) in [5.41, 5.74) is 0. The largest absolute Gasteiger partial charge is 0.309 e. The van der Waals surface area contributed by atoms with E-state index in [1.165, 1.54) is 19.3 Å². The Balaban J connectivity index is 2.75. The zero-order chi connectivity index (χ0) is 7.11. The molecule has 0 unspecified atom stereocenters. The summed E-state index contributed by atoms with van der Waals surface area (Å²) in [6.07, 6.45) is 6.26. The summed E-state index contributed by atoms with van der Waals surface area (Å²) >= 11 is 0. The highest BCUT2D eigenvalue weighted by Gasteiger charge is 1.88. The lowest BCUT2D eigenvalue weighted by Crippen LogP contribution is -2.13. The van der Waals surface area contributed by atoms with Gasteiger partial charge in [0.25, 0.3) is 0 Å². The SMILES string of the molecule is CCCC[CH]CN(C)C. The Morgan fingerprint density at radius 2 is 2.00 bits per heavy atom. The third-order valence-electron chi connectivity index (χ3n) is 1.26. The van der Waals surface area contributed by atoms with E-state index in [9.17, 15) is 0 Å². The minimum atomic E-state index is 1.12. The molecule has 0 atom stereocenters. The fourth-order valence-corrected chi connectivity index (χ4v) is 0.698. The van der Waals surface area contributed by atoms with Gasteiger partial charge < -0.3 is 4.90 Å². The van der Waals surface area contributed by atoms with Crippen LogP contribution in [0.1, 0.15) is 26.2 Å². The van der Waals surface area contributed by atoms with E-state index in [0.717, 1.165) is 6.54 Å². The van der Waals surface area contributed by atoms with Gasteiger partial charge in [0, 0.05) is 6.54 Å². The van der Waals surface area contributed by atoms with E-state index in [1.54, 1.807) is 0 Å². The van der Waals surface area contributed by atoms with Gasteiger partial charge in [-0.2, -0.15) is 0 Å². The molecule has 0 saturated heterocycles. The Labute approximate surface area is 59.1 Å². The summed E-state index contributed by atoms with van der Waals surface area (Å²) in [6, 6.07) is 0. The Kier molecular flexibility index (Phi) is 6.06. The number of hydrogen-bond acceptors (Lipinski definition) is 1. The third kappa shape index (κ3) is 7.96. The van der Waals surface area contributed by atoms with Gasteiger partial charge in [0.05, 0.1) is 0 Å². The first-order valence-electron chi connectivity index (χ1n) is 3.73. The van der Waals surface area contributed by atoms with Gasteiger partial charge in [-0.15, -0.1) is 0 Å². The van der Waals surface area contributed by atoms with Gasteiger partial charge in [-0.3, -0.25) is 0 Å². The highest BCUT2D eigenvalue weighted by Crippen LogP contribution is 1.97. The Morgan fingerprint density at radius 3 is 2.44 bits per heavy atom. The molecule has 1 nitrogen and oxygen atoms in total. The molecule has 0 aliphatic heterocycles. The smallest absolute Gasteiger partial charge is 0.000669 e. The average Bonchev–Trinajstić information content (AvgIpc) is 1.80. The van der Waals surface area contributed by atoms with Crippen molar-refractivity contribution in [3.05, 3.63) is 6.42 Å². The maximum Gasteiger partial charge on any atom is 0.000669 e. The summed E-state index contributed by atoms with van der Waals surface area (Å²) in [4.78, 5) is 2.19.